The van der Waals surface area contributed by atoms with Crippen molar-refractivity contribution in [1.82, 2.24) is 0 Å². The molecule has 0 amide bonds. The van der Waals surface area contributed by atoms with E-state index in [9.17, 15) is 18.6 Å². The average molecular weight is 535 g/mol. The maximum atomic E-state index is 13.0. The summed E-state index contributed by atoms with van der Waals surface area (Å²) in [7, 11) is -3.64. The lowest BCUT2D eigenvalue weighted by atomic mass is 10.1. The van der Waals surface area contributed by atoms with Gasteiger partial charge in [-0.05, 0) is 87.1 Å². The van der Waals surface area contributed by atoms with Gasteiger partial charge in [0.2, 0.25) is 9.84 Å². The largest absolute Gasteiger partial charge is 0.494 e. The van der Waals surface area contributed by atoms with Gasteiger partial charge in [-0.1, -0.05) is 52.4 Å². The lowest BCUT2D eigenvalue weighted by Gasteiger charge is -2.12. The van der Waals surface area contributed by atoms with Crippen molar-refractivity contribution in [2.75, 3.05) is 13.2 Å². The molecule has 2 N–H and O–H groups in total. The van der Waals surface area contributed by atoms with Crippen LogP contribution in [0.25, 0.3) is 0 Å². The summed E-state index contributed by atoms with van der Waals surface area (Å²) in [5, 5.41) is 20.0. The van der Waals surface area contributed by atoms with Crippen LogP contribution in [0.5, 0.6) is 11.5 Å². The van der Waals surface area contributed by atoms with Crippen LogP contribution in [0.4, 0.5) is 0 Å². The minimum atomic E-state index is -3.64. The van der Waals surface area contributed by atoms with Gasteiger partial charge < -0.3 is 19.7 Å². The molecule has 2 aromatic carbocycles. The average Bonchev–Trinajstić information content (AvgIpc) is 2.90. The first-order chi connectivity index (χ1) is 17.9. The summed E-state index contributed by atoms with van der Waals surface area (Å²) in [5.41, 5.74) is 0. The number of benzene rings is 2. The maximum Gasteiger partial charge on any atom is 0.206 e. The van der Waals surface area contributed by atoms with E-state index in [0.717, 1.165) is 64.2 Å². The Hall–Kier alpha value is -2.09. The van der Waals surface area contributed by atoms with Crippen LogP contribution in [-0.2, 0) is 9.84 Å². The molecule has 2 aromatic rings. The zero-order valence-corrected chi connectivity index (χ0v) is 23.4. The van der Waals surface area contributed by atoms with Crippen molar-refractivity contribution in [2.45, 2.75) is 113 Å². The van der Waals surface area contributed by atoms with Gasteiger partial charge in [0.05, 0.1) is 35.2 Å². The van der Waals surface area contributed by atoms with E-state index in [4.69, 9.17) is 9.47 Å². The Bertz CT molecular complexity index is 883. The number of ether oxygens (including phenoxy) is 2. The Kier molecular flexibility index (Phi) is 14.7. The summed E-state index contributed by atoms with van der Waals surface area (Å²) in [6, 6.07) is 12.9. The van der Waals surface area contributed by atoms with Gasteiger partial charge >= 0.3 is 0 Å². The van der Waals surface area contributed by atoms with Crippen molar-refractivity contribution in [3.8, 4) is 11.5 Å². The van der Waals surface area contributed by atoms with Gasteiger partial charge in [-0.2, -0.15) is 0 Å². The van der Waals surface area contributed by atoms with Crippen LogP contribution in [0, 0.1) is 0 Å². The summed E-state index contributed by atoms with van der Waals surface area (Å²) in [5.74, 6) is 1.22. The third-order valence-electron chi connectivity index (χ3n) is 6.45. The Balaban J connectivity index is 1.76. The summed E-state index contributed by atoms with van der Waals surface area (Å²) < 4.78 is 37.4. The molecule has 0 aromatic heterocycles. The van der Waals surface area contributed by atoms with E-state index in [2.05, 4.69) is 13.8 Å². The molecule has 2 atom stereocenters. The first-order valence-electron chi connectivity index (χ1n) is 13.9. The molecule has 0 saturated heterocycles. The molecule has 0 radical (unpaired) electrons. The molecule has 0 aliphatic heterocycles. The van der Waals surface area contributed by atoms with E-state index in [1.165, 1.54) is 0 Å². The predicted octanol–water partition coefficient (Wildman–Crippen LogP) is 6.72. The van der Waals surface area contributed by atoms with Crippen molar-refractivity contribution in [3.05, 3.63) is 48.5 Å². The number of hydrogen-bond donors (Lipinski definition) is 2. The third-order valence-corrected chi connectivity index (χ3v) is 8.24. The Morgan fingerprint density at radius 2 is 0.946 bits per heavy atom. The number of hydrogen-bond acceptors (Lipinski definition) is 6. The number of aliphatic hydroxyl groups is 2. The smallest absolute Gasteiger partial charge is 0.206 e. The van der Waals surface area contributed by atoms with Gasteiger partial charge in [-0.15, -0.1) is 0 Å². The molecule has 0 spiro atoms. The fourth-order valence-corrected chi connectivity index (χ4v) is 5.39. The highest BCUT2D eigenvalue weighted by molar-refractivity contribution is 7.91. The Labute approximate surface area is 223 Å². The van der Waals surface area contributed by atoms with Crippen molar-refractivity contribution in [3.63, 3.8) is 0 Å². The lowest BCUT2D eigenvalue weighted by Crippen LogP contribution is -2.09. The summed E-state index contributed by atoms with van der Waals surface area (Å²) in [4.78, 5) is 0.411. The minimum absolute atomic E-state index is 0.205. The van der Waals surface area contributed by atoms with E-state index < -0.39 is 9.84 Å². The van der Waals surface area contributed by atoms with E-state index in [0.29, 0.717) is 37.6 Å². The van der Waals surface area contributed by atoms with Gasteiger partial charge in [0.1, 0.15) is 11.5 Å². The van der Waals surface area contributed by atoms with E-state index in [-0.39, 0.29) is 22.0 Å². The molecular weight excluding hydrogens is 488 g/mol. The van der Waals surface area contributed by atoms with Gasteiger partial charge in [0, 0.05) is 0 Å². The molecule has 0 fully saturated rings. The molecule has 0 saturated carbocycles. The van der Waals surface area contributed by atoms with Gasteiger partial charge in [-0.3, -0.25) is 0 Å². The van der Waals surface area contributed by atoms with E-state index in [1.807, 2.05) is 0 Å². The first kappa shape index (κ1) is 31.1. The standard InChI is InChI=1S/C30H46O6S/c1-3-5-7-11-25(31)13-9-23-35-27-15-19-29(20-16-27)37(33,34)30-21-17-28(18-22-30)36-24-10-14-26(32)12-8-6-4-2/h15-22,25-26,31-32H,3-14,23-24H2,1-2H3. The van der Waals surface area contributed by atoms with Crippen LogP contribution in [0.15, 0.2) is 58.3 Å². The van der Waals surface area contributed by atoms with Crippen LogP contribution < -0.4 is 9.47 Å². The molecule has 37 heavy (non-hydrogen) atoms. The molecule has 7 heteroatoms. The van der Waals surface area contributed by atoms with Crippen LogP contribution in [0.1, 0.15) is 90.9 Å². The van der Waals surface area contributed by atoms with Crippen molar-refractivity contribution in [2.24, 2.45) is 0 Å². The molecule has 208 valence electrons. The molecule has 0 aliphatic rings. The highest BCUT2D eigenvalue weighted by atomic mass is 32.2. The fourth-order valence-electron chi connectivity index (χ4n) is 4.13. The van der Waals surface area contributed by atoms with Gasteiger partial charge in [0.15, 0.2) is 0 Å². The van der Waals surface area contributed by atoms with Crippen LogP contribution in [-0.4, -0.2) is 44.1 Å². The summed E-state index contributed by atoms with van der Waals surface area (Å²) in [6.45, 7) is 5.26. The second kappa shape index (κ2) is 17.4. The number of aliphatic hydroxyl groups excluding tert-OH is 2. The Morgan fingerprint density at radius 3 is 1.30 bits per heavy atom. The van der Waals surface area contributed by atoms with E-state index >= 15 is 0 Å². The van der Waals surface area contributed by atoms with Crippen LogP contribution >= 0.6 is 0 Å². The topological polar surface area (TPSA) is 93.1 Å². The second-order valence-corrected chi connectivity index (χ2v) is 11.7. The number of sulfone groups is 1. The zero-order chi connectivity index (χ0) is 26.9. The SMILES string of the molecule is CCCCCC(O)CCCOc1ccc(S(=O)(=O)c2ccc(OCCCC(O)CCCCC)cc2)cc1. The molecule has 0 heterocycles. The van der Waals surface area contributed by atoms with Crippen molar-refractivity contribution >= 4 is 9.84 Å². The van der Waals surface area contributed by atoms with Crippen molar-refractivity contribution < 1.29 is 28.1 Å². The van der Waals surface area contributed by atoms with Gasteiger partial charge in [-0.25, -0.2) is 8.42 Å². The molecular formula is C30H46O6S. The normalized spacial score (nSPS) is 13.3. The number of unbranched alkanes of at least 4 members (excludes halogenated alkanes) is 4. The molecule has 0 bridgehead atoms. The van der Waals surface area contributed by atoms with E-state index in [1.54, 1.807) is 48.5 Å². The maximum absolute atomic E-state index is 13.0. The predicted molar refractivity (Wildman–Crippen MR) is 148 cm³/mol. The quantitative estimate of drug-likeness (QED) is 0.183. The summed E-state index contributed by atoms with van der Waals surface area (Å²) in [6.07, 6.45) is 10.7. The molecule has 2 rings (SSSR count). The molecule has 6 nitrogen and oxygen atoms in total. The second-order valence-electron chi connectivity index (χ2n) is 9.73. The highest BCUT2D eigenvalue weighted by Crippen LogP contribution is 2.25. The lowest BCUT2D eigenvalue weighted by molar-refractivity contribution is 0.140. The number of rotatable bonds is 20. The first-order valence-corrected chi connectivity index (χ1v) is 15.4. The van der Waals surface area contributed by atoms with Crippen LogP contribution in [0.3, 0.4) is 0 Å². The zero-order valence-electron chi connectivity index (χ0n) is 22.6. The monoisotopic (exact) mass is 534 g/mol. The minimum Gasteiger partial charge on any atom is -0.494 e. The van der Waals surface area contributed by atoms with Gasteiger partial charge in [0.25, 0.3) is 0 Å². The summed E-state index contributed by atoms with van der Waals surface area (Å²) >= 11 is 0. The molecule has 0 aliphatic carbocycles. The highest BCUT2D eigenvalue weighted by Gasteiger charge is 2.18. The third kappa shape index (κ3) is 11.9. The Morgan fingerprint density at radius 1 is 0.595 bits per heavy atom. The van der Waals surface area contributed by atoms with Crippen LogP contribution in [0.2, 0.25) is 0 Å². The van der Waals surface area contributed by atoms with Crippen molar-refractivity contribution in [1.29, 1.82) is 0 Å². The molecule has 2 unspecified atom stereocenters. The fraction of sp³-hybridized carbons (Fsp3) is 0.600.